The summed E-state index contributed by atoms with van der Waals surface area (Å²) in [6, 6.07) is 6.45. The van der Waals surface area contributed by atoms with E-state index in [0.29, 0.717) is 18.3 Å². The number of fused-ring (bicyclic) bond motifs is 2. The number of hydrogen-bond acceptors (Lipinski definition) is 2. The average Bonchev–Trinajstić information content (AvgIpc) is 2.98. The monoisotopic (exact) mass is 385 g/mol. The largest absolute Gasteiger partial charge is 0.481 e. The Kier molecular flexibility index (Phi) is 7.20. The molecule has 0 spiro atoms. The lowest BCUT2D eigenvalue weighted by molar-refractivity contribution is -0.136. The smallest absolute Gasteiger partial charge is 0.303 e. The lowest BCUT2D eigenvalue weighted by atomic mass is 9.67. The summed E-state index contributed by atoms with van der Waals surface area (Å²) in [6.07, 6.45) is 13.3. The van der Waals surface area contributed by atoms with Crippen molar-refractivity contribution >= 4 is 5.97 Å². The Morgan fingerprint density at radius 2 is 2.11 bits per heavy atom. The van der Waals surface area contributed by atoms with Crippen LogP contribution in [0.2, 0.25) is 0 Å². The highest BCUT2D eigenvalue weighted by molar-refractivity contribution is 5.67. The summed E-state index contributed by atoms with van der Waals surface area (Å²) in [5.41, 5.74) is 11.1. The molecule has 1 fully saturated rings. The topological polar surface area (TPSA) is 63.3 Å². The fraction of sp³-hybridized carbons (Fsp3) is 0.720. The second-order valence-corrected chi connectivity index (χ2v) is 9.59. The molecule has 3 nitrogen and oxygen atoms in total. The van der Waals surface area contributed by atoms with Crippen molar-refractivity contribution in [3.63, 3.8) is 0 Å². The molecule has 1 aromatic rings. The van der Waals surface area contributed by atoms with Crippen LogP contribution in [-0.4, -0.2) is 16.6 Å². The van der Waals surface area contributed by atoms with E-state index in [9.17, 15) is 4.79 Å². The molecule has 0 aliphatic heterocycles. The summed E-state index contributed by atoms with van der Waals surface area (Å²) >= 11 is 0. The van der Waals surface area contributed by atoms with Gasteiger partial charge in [-0.3, -0.25) is 4.79 Å². The summed E-state index contributed by atoms with van der Waals surface area (Å²) in [4.78, 5) is 11.0. The van der Waals surface area contributed by atoms with Crippen LogP contribution < -0.4 is 5.73 Å². The molecular formula is C25H39NO2. The predicted octanol–water partition coefficient (Wildman–Crippen LogP) is 5.52. The van der Waals surface area contributed by atoms with Crippen molar-refractivity contribution in [3.8, 4) is 0 Å². The minimum atomic E-state index is -0.712. The van der Waals surface area contributed by atoms with Crippen LogP contribution in [0.15, 0.2) is 18.2 Å². The van der Waals surface area contributed by atoms with E-state index in [4.69, 9.17) is 10.8 Å². The first kappa shape index (κ1) is 21.4. The van der Waals surface area contributed by atoms with Crippen LogP contribution in [0, 0.1) is 17.8 Å². The van der Waals surface area contributed by atoms with Crippen LogP contribution in [-0.2, 0) is 24.1 Å². The summed E-state index contributed by atoms with van der Waals surface area (Å²) in [5.74, 6) is 1.30. The number of nitrogens with two attached hydrogens (primary N) is 1. The minimum Gasteiger partial charge on any atom is -0.481 e. The normalized spacial score (nSPS) is 27.2. The van der Waals surface area contributed by atoms with Crippen LogP contribution in [0.3, 0.4) is 0 Å². The Balaban J connectivity index is 1.64. The Bertz CT molecular complexity index is 671. The number of carboxylic acid groups (broad SMARTS) is 1. The van der Waals surface area contributed by atoms with Gasteiger partial charge in [0.2, 0.25) is 0 Å². The van der Waals surface area contributed by atoms with E-state index in [1.165, 1.54) is 68.1 Å². The first-order valence-corrected chi connectivity index (χ1v) is 11.5. The van der Waals surface area contributed by atoms with Gasteiger partial charge in [0.1, 0.15) is 0 Å². The quantitative estimate of drug-likeness (QED) is 0.521. The fourth-order valence-electron chi connectivity index (χ4n) is 5.81. The number of hydrogen-bond donors (Lipinski definition) is 2. The van der Waals surface area contributed by atoms with Crippen LogP contribution in [0.5, 0.6) is 0 Å². The van der Waals surface area contributed by atoms with Gasteiger partial charge in [-0.05, 0) is 73.0 Å². The molecule has 0 radical (unpaired) electrons. The SMILES string of the molecule is CCCCCC(C)CCC1CCC2Cc3c(CCC(=O)O)cccc3CC12N. The van der Waals surface area contributed by atoms with E-state index in [1.54, 1.807) is 0 Å². The van der Waals surface area contributed by atoms with Crippen molar-refractivity contribution in [1.82, 2.24) is 0 Å². The zero-order valence-corrected chi connectivity index (χ0v) is 17.9. The van der Waals surface area contributed by atoms with Crippen molar-refractivity contribution < 1.29 is 9.90 Å². The molecule has 0 aromatic heterocycles. The summed E-state index contributed by atoms with van der Waals surface area (Å²) < 4.78 is 0. The van der Waals surface area contributed by atoms with E-state index in [0.717, 1.165) is 18.8 Å². The van der Waals surface area contributed by atoms with E-state index in [-0.39, 0.29) is 12.0 Å². The lowest BCUT2D eigenvalue weighted by Crippen LogP contribution is -2.53. The Morgan fingerprint density at radius 1 is 1.29 bits per heavy atom. The first-order valence-electron chi connectivity index (χ1n) is 11.5. The number of aryl methyl sites for hydroxylation is 1. The molecule has 2 aliphatic rings. The maximum Gasteiger partial charge on any atom is 0.303 e. The Hall–Kier alpha value is -1.35. The van der Waals surface area contributed by atoms with E-state index in [1.807, 2.05) is 0 Å². The third kappa shape index (κ3) is 4.79. The van der Waals surface area contributed by atoms with Crippen LogP contribution in [0.4, 0.5) is 0 Å². The van der Waals surface area contributed by atoms with Gasteiger partial charge in [-0.15, -0.1) is 0 Å². The van der Waals surface area contributed by atoms with Gasteiger partial charge in [0.25, 0.3) is 0 Å². The number of aliphatic carboxylic acids is 1. The van der Waals surface area contributed by atoms with E-state index >= 15 is 0 Å². The van der Waals surface area contributed by atoms with Gasteiger partial charge < -0.3 is 10.8 Å². The van der Waals surface area contributed by atoms with E-state index < -0.39 is 5.97 Å². The molecule has 1 aromatic carbocycles. The van der Waals surface area contributed by atoms with Gasteiger partial charge in [0, 0.05) is 12.0 Å². The van der Waals surface area contributed by atoms with Crippen LogP contribution >= 0.6 is 0 Å². The Labute approximate surface area is 171 Å². The molecule has 3 heteroatoms. The van der Waals surface area contributed by atoms with Crippen LogP contribution in [0.1, 0.15) is 88.3 Å². The highest BCUT2D eigenvalue weighted by Gasteiger charge is 2.49. The molecule has 0 amide bonds. The molecule has 2 aliphatic carbocycles. The van der Waals surface area contributed by atoms with Crippen molar-refractivity contribution in [3.05, 3.63) is 34.9 Å². The molecule has 0 heterocycles. The second kappa shape index (κ2) is 9.43. The van der Waals surface area contributed by atoms with Gasteiger partial charge in [-0.25, -0.2) is 0 Å². The molecule has 3 N–H and O–H groups in total. The number of rotatable bonds is 10. The summed E-state index contributed by atoms with van der Waals surface area (Å²) in [7, 11) is 0. The van der Waals surface area contributed by atoms with Crippen molar-refractivity contribution in [2.24, 2.45) is 23.5 Å². The molecule has 156 valence electrons. The molecule has 4 atom stereocenters. The zero-order chi connectivity index (χ0) is 20.1. The number of carboxylic acids is 1. The predicted molar refractivity (Wildman–Crippen MR) is 115 cm³/mol. The average molecular weight is 386 g/mol. The van der Waals surface area contributed by atoms with Crippen LogP contribution in [0.25, 0.3) is 0 Å². The van der Waals surface area contributed by atoms with Crippen molar-refractivity contribution in [2.75, 3.05) is 0 Å². The van der Waals surface area contributed by atoms with Crippen molar-refractivity contribution in [2.45, 2.75) is 96.4 Å². The fourth-order valence-corrected chi connectivity index (χ4v) is 5.81. The number of unbranched alkanes of at least 4 members (excludes halogenated alkanes) is 2. The van der Waals surface area contributed by atoms with E-state index in [2.05, 4.69) is 32.0 Å². The van der Waals surface area contributed by atoms with Gasteiger partial charge in [-0.1, -0.05) is 64.2 Å². The molecule has 0 bridgehead atoms. The maximum atomic E-state index is 11.0. The van der Waals surface area contributed by atoms with Gasteiger partial charge in [0.15, 0.2) is 0 Å². The number of carbonyl (C=O) groups is 1. The standard InChI is InChI=1S/C25H39NO2/c1-3-4-5-7-18(2)10-12-21-13-14-22-16-23-19(11-15-24(27)28)8-6-9-20(23)17-25(21,22)26/h6,8-9,18,21-22H,3-5,7,10-17,26H2,1-2H3,(H,27,28). The molecule has 4 unspecified atom stereocenters. The number of benzene rings is 1. The van der Waals surface area contributed by atoms with Gasteiger partial charge in [0.05, 0.1) is 0 Å². The summed E-state index contributed by atoms with van der Waals surface area (Å²) in [5, 5.41) is 9.06. The molecule has 0 saturated heterocycles. The maximum absolute atomic E-state index is 11.0. The first-order chi connectivity index (χ1) is 13.4. The highest BCUT2D eigenvalue weighted by atomic mass is 16.4. The third-order valence-corrected chi connectivity index (χ3v) is 7.62. The third-order valence-electron chi connectivity index (χ3n) is 7.62. The Morgan fingerprint density at radius 3 is 2.86 bits per heavy atom. The second-order valence-electron chi connectivity index (χ2n) is 9.59. The van der Waals surface area contributed by atoms with Gasteiger partial charge >= 0.3 is 5.97 Å². The molecule has 3 rings (SSSR count). The summed E-state index contributed by atoms with van der Waals surface area (Å²) in [6.45, 7) is 4.69. The molecule has 1 saturated carbocycles. The lowest BCUT2D eigenvalue weighted by Gasteiger charge is -2.42. The van der Waals surface area contributed by atoms with Crippen molar-refractivity contribution in [1.29, 1.82) is 0 Å². The molecular weight excluding hydrogens is 346 g/mol. The highest BCUT2D eigenvalue weighted by Crippen LogP contribution is 2.49. The zero-order valence-electron chi connectivity index (χ0n) is 17.9. The molecule has 28 heavy (non-hydrogen) atoms. The minimum absolute atomic E-state index is 0.0540. The van der Waals surface area contributed by atoms with Gasteiger partial charge in [-0.2, -0.15) is 0 Å².